The number of fused-ring (bicyclic) bond motifs is 1. The molecule has 2 aliphatic rings. The summed E-state index contributed by atoms with van der Waals surface area (Å²) in [6, 6.07) is 7.33. The lowest BCUT2D eigenvalue weighted by Gasteiger charge is -2.29. The molecule has 148 valence electrons. The summed E-state index contributed by atoms with van der Waals surface area (Å²) in [5.41, 5.74) is 2.42. The fourth-order valence-electron chi connectivity index (χ4n) is 3.73. The molecule has 0 spiro atoms. The normalized spacial score (nSPS) is 23.9. The molecule has 2 amide bonds. The molecular weight excluding hydrogens is 342 g/mol. The van der Waals surface area contributed by atoms with E-state index in [2.05, 4.69) is 28.1 Å². The third kappa shape index (κ3) is 5.08. The van der Waals surface area contributed by atoms with Crippen LogP contribution in [0.1, 0.15) is 44.2 Å². The van der Waals surface area contributed by atoms with Crippen LogP contribution in [0.2, 0.25) is 0 Å². The number of hydrogen-bond acceptors (Lipinski definition) is 4. The highest BCUT2D eigenvalue weighted by molar-refractivity contribution is 5.90. The van der Waals surface area contributed by atoms with Crippen LogP contribution in [0.15, 0.2) is 24.3 Å². The van der Waals surface area contributed by atoms with Crippen molar-refractivity contribution in [1.29, 1.82) is 0 Å². The molecule has 0 unspecified atom stereocenters. The number of amides is 2. The van der Waals surface area contributed by atoms with Crippen molar-refractivity contribution in [2.45, 2.75) is 64.3 Å². The van der Waals surface area contributed by atoms with Crippen molar-refractivity contribution in [3.63, 3.8) is 0 Å². The van der Waals surface area contributed by atoms with Crippen LogP contribution in [-0.2, 0) is 27.3 Å². The Labute approximate surface area is 161 Å². The highest BCUT2D eigenvalue weighted by Gasteiger charge is 2.31. The van der Waals surface area contributed by atoms with Gasteiger partial charge in [0.05, 0.1) is 12.1 Å². The molecular formula is C21H31N3O3. The maximum Gasteiger partial charge on any atom is 0.242 e. The fourth-order valence-corrected chi connectivity index (χ4v) is 3.73. The molecule has 1 aromatic rings. The number of carbonyl (C=O) groups is 2. The molecule has 2 aliphatic heterocycles. The van der Waals surface area contributed by atoms with Gasteiger partial charge in [0.2, 0.25) is 11.8 Å². The maximum atomic E-state index is 12.8. The number of hydrogen-bond donors (Lipinski definition) is 3. The molecule has 0 aromatic heterocycles. The van der Waals surface area contributed by atoms with Crippen LogP contribution in [0.25, 0.3) is 0 Å². The van der Waals surface area contributed by atoms with Gasteiger partial charge in [-0.05, 0) is 36.3 Å². The highest BCUT2D eigenvalue weighted by atomic mass is 16.5. The quantitative estimate of drug-likeness (QED) is 0.677. The second-order valence-corrected chi connectivity index (χ2v) is 7.66. The largest absolute Gasteiger partial charge is 0.376 e. The van der Waals surface area contributed by atoms with Gasteiger partial charge in [0, 0.05) is 19.7 Å². The van der Waals surface area contributed by atoms with E-state index in [0.717, 1.165) is 25.9 Å². The van der Waals surface area contributed by atoms with Gasteiger partial charge in [0.1, 0.15) is 6.04 Å². The maximum absolute atomic E-state index is 12.8. The minimum absolute atomic E-state index is 0.0642. The van der Waals surface area contributed by atoms with E-state index in [0.29, 0.717) is 19.5 Å². The minimum atomic E-state index is -0.525. The molecule has 0 aliphatic carbocycles. The van der Waals surface area contributed by atoms with Crippen molar-refractivity contribution in [1.82, 2.24) is 16.0 Å². The van der Waals surface area contributed by atoms with Gasteiger partial charge in [0.15, 0.2) is 0 Å². The van der Waals surface area contributed by atoms with E-state index in [1.165, 1.54) is 11.1 Å². The summed E-state index contributed by atoms with van der Waals surface area (Å²) < 4.78 is 5.57. The van der Waals surface area contributed by atoms with Gasteiger partial charge in [-0.2, -0.15) is 0 Å². The van der Waals surface area contributed by atoms with Gasteiger partial charge in [-0.3, -0.25) is 9.59 Å². The summed E-state index contributed by atoms with van der Waals surface area (Å²) in [6.07, 6.45) is 3.58. The van der Waals surface area contributed by atoms with Crippen LogP contribution in [-0.4, -0.2) is 43.2 Å². The van der Waals surface area contributed by atoms with Gasteiger partial charge >= 0.3 is 0 Å². The van der Waals surface area contributed by atoms with Crippen molar-refractivity contribution in [2.75, 3.05) is 13.2 Å². The number of benzene rings is 1. The first-order valence-corrected chi connectivity index (χ1v) is 10.1. The number of carbonyl (C=O) groups excluding carboxylic acids is 2. The van der Waals surface area contributed by atoms with Gasteiger partial charge in [0.25, 0.3) is 0 Å². The van der Waals surface area contributed by atoms with Crippen LogP contribution in [0.4, 0.5) is 0 Å². The Kier molecular flexibility index (Phi) is 6.85. The van der Waals surface area contributed by atoms with E-state index in [-0.39, 0.29) is 29.9 Å². The van der Waals surface area contributed by atoms with Crippen LogP contribution >= 0.6 is 0 Å². The third-order valence-electron chi connectivity index (χ3n) is 5.72. The molecule has 2 heterocycles. The van der Waals surface area contributed by atoms with Crippen LogP contribution in [0.3, 0.4) is 0 Å². The van der Waals surface area contributed by atoms with E-state index in [4.69, 9.17) is 4.74 Å². The lowest BCUT2D eigenvalue weighted by Crippen LogP contribution is -2.56. The number of nitrogens with one attached hydrogen (secondary N) is 3. The summed E-state index contributed by atoms with van der Waals surface area (Å²) in [7, 11) is 0. The van der Waals surface area contributed by atoms with E-state index >= 15 is 0 Å². The Morgan fingerprint density at radius 2 is 2.07 bits per heavy atom. The molecule has 3 rings (SSSR count). The topological polar surface area (TPSA) is 79.5 Å². The van der Waals surface area contributed by atoms with E-state index in [9.17, 15) is 9.59 Å². The smallest absolute Gasteiger partial charge is 0.242 e. The molecule has 0 bridgehead atoms. The molecule has 27 heavy (non-hydrogen) atoms. The lowest BCUT2D eigenvalue weighted by atomic mass is 9.94. The minimum Gasteiger partial charge on any atom is -0.376 e. The van der Waals surface area contributed by atoms with Crippen LogP contribution in [0, 0.1) is 5.92 Å². The average molecular weight is 373 g/mol. The first kappa shape index (κ1) is 19.8. The van der Waals surface area contributed by atoms with Gasteiger partial charge in [-0.1, -0.05) is 44.5 Å². The molecule has 4 atom stereocenters. The van der Waals surface area contributed by atoms with Crippen molar-refractivity contribution < 1.29 is 14.3 Å². The predicted octanol–water partition coefficient (Wildman–Crippen LogP) is 1.53. The molecule has 6 nitrogen and oxygen atoms in total. The monoisotopic (exact) mass is 373 g/mol. The van der Waals surface area contributed by atoms with Crippen molar-refractivity contribution in [3.8, 4) is 0 Å². The van der Waals surface area contributed by atoms with Gasteiger partial charge < -0.3 is 20.7 Å². The van der Waals surface area contributed by atoms with Crippen molar-refractivity contribution >= 4 is 11.8 Å². The first-order chi connectivity index (χ1) is 13.1. The zero-order valence-corrected chi connectivity index (χ0v) is 16.3. The highest BCUT2D eigenvalue weighted by Crippen LogP contribution is 2.17. The Morgan fingerprint density at radius 3 is 2.78 bits per heavy atom. The Hall–Kier alpha value is -1.92. The average Bonchev–Trinajstić information content (AvgIpc) is 3.22. The summed E-state index contributed by atoms with van der Waals surface area (Å²) in [5, 5.41) is 9.24. The summed E-state index contributed by atoms with van der Waals surface area (Å²) in [5.74, 6) is -0.166. The fraction of sp³-hybridized carbons (Fsp3) is 0.619. The SMILES string of the molecule is CC[C@@H](C)[C@@H](NC(=O)[C@@H]1Cc2ccccc2CN1)C(=O)NC[C@@H]1CCCO1. The van der Waals surface area contributed by atoms with E-state index < -0.39 is 6.04 Å². The van der Waals surface area contributed by atoms with Crippen LogP contribution < -0.4 is 16.0 Å². The van der Waals surface area contributed by atoms with Crippen molar-refractivity contribution in [3.05, 3.63) is 35.4 Å². The molecule has 3 N–H and O–H groups in total. The van der Waals surface area contributed by atoms with E-state index in [1.54, 1.807) is 0 Å². The third-order valence-corrected chi connectivity index (χ3v) is 5.72. The Morgan fingerprint density at radius 1 is 1.30 bits per heavy atom. The molecule has 0 radical (unpaired) electrons. The second kappa shape index (κ2) is 9.33. The summed E-state index contributed by atoms with van der Waals surface area (Å²) >= 11 is 0. The zero-order valence-electron chi connectivity index (χ0n) is 16.3. The summed E-state index contributed by atoms with van der Waals surface area (Å²) in [6.45, 7) is 5.98. The number of rotatable bonds is 7. The Bertz CT molecular complexity index is 658. The second-order valence-electron chi connectivity index (χ2n) is 7.66. The molecule has 1 aromatic carbocycles. The molecule has 0 saturated carbocycles. The number of ether oxygens (including phenoxy) is 1. The summed E-state index contributed by atoms with van der Waals surface area (Å²) in [4.78, 5) is 25.5. The lowest BCUT2D eigenvalue weighted by molar-refractivity contribution is -0.131. The van der Waals surface area contributed by atoms with Gasteiger partial charge in [-0.25, -0.2) is 0 Å². The Balaban J connectivity index is 1.58. The van der Waals surface area contributed by atoms with E-state index in [1.807, 2.05) is 26.0 Å². The molecule has 1 fully saturated rings. The predicted molar refractivity (Wildman–Crippen MR) is 104 cm³/mol. The van der Waals surface area contributed by atoms with Crippen LogP contribution in [0.5, 0.6) is 0 Å². The standard InChI is InChI=1S/C21H31N3O3/c1-3-14(2)19(21(26)23-13-17-9-6-10-27-17)24-20(25)18-11-15-7-4-5-8-16(15)12-22-18/h4-5,7-8,14,17-19,22H,3,6,9-13H2,1-2H3,(H,23,26)(H,24,25)/t14-,17+,18+,19-/m1/s1. The molecule has 6 heteroatoms. The first-order valence-electron chi connectivity index (χ1n) is 10.1. The molecule has 1 saturated heterocycles. The van der Waals surface area contributed by atoms with Gasteiger partial charge in [-0.15, -0.1) is 0 Å². The zero-order chi connectivity index (χ0) is 19.2. The van der Waals surface area contributed by atoms with Crippen molar-refractivity contribution in [2.24, 2.45) is 5.92 Å².